The standard InChI is InChI=1S/C19H18Cl2FN3O2/c1-12-2-3-13(10-16(12)22)18(26)24-6-8-25(9-7-24)19(27)23-17-11-14(20)4-5-15(17)21/h2-5,10-11H,6-9H2,1H3,(H,23,27). The van der Waals surface area contributed by atoms with Crippen LogP contribution in [0, 0.1) is 12.7 Å². The predicted octanol–water partition coefficient (Wildman–Crippen LogP) is 4.43. The number of carbonyl (C=O) groups is 2. The van der Waals surface area contributed by atoms with Gasteiger partial charge in [0, 0.05) is 36.8 Å². The molecule has 3 rings (SSSR count). The Bertz CT molecular complexity index is 883. The molecule has 2 aromatic rings. The average Bonchev–Trinajstić information content (AvgIpc) is 2.66. The summed E-state index contributed by atoms with van der Waals surface area (Å²) in [5.74, 6) is -0.649. The maximum Gasteiger partial charge on any atom is 0.322 e. The first-order chi connectivity index (χ1) is 12.8. The van der Waals surface area contributed by atoms with Gasteiger partial charge in [-0.05, 0) is 42.8 Å². The highest BCUT2D eigenvalue weighted by Crippen LogP contribution is 2.25. The molecule has 1 fully saturated rings. The summed E-state index contributed by atoms with van der Waals surface area (Å²) in [4.78, 5) is 28.1. The van der Waals surface area contributed by atoms with Gasteiger partial charge < -0.3 is 15.1 Å². The number of hydrogen-bond acceptors (Lipinski definition) is 2. The lowest BCUT2D eigenvalue weighted by atomic mass is 10.1. The van der Waals surface area contributed by atoms with Crippen molar-refractivity contribution in [3.63, 3.8) is 0 Å². The van der Waals surface area contributed by atoms with Gasteiger partial charge in [0.1, 0.15) is 5.82 Å². The van der Waals surface area contributed by atoms with Crippen LogP contribution >= 0.6 is 23.2 Å². The van der Waals surface area contributed by atoms with Crippen molar-refractivity contribution in [2.75, 3.05) is 31.5 Å². The molecule has 1 aliphatic heterocycles. The highest BCUT2D eigenvalue weighted by Gasteiger charge is 2.25. The van der Waals surface area contributed by atoms with Gasteiger partial charge in [-0.1, -0.05) is 29.3 Å². The molecular weight excluding hydrogens is 392 g/mol. The van der Waals surface area contributed by atoms with Gasteiger partial charge in [-0.2, -0.15) is 0 Å². The van der Waals surface area contributed by atoms with E-state index in [0.717, 1.165) is 0 Å². The lowest BCUT2D eigenvalue weighted by Gasteiger charge is -2.34. The highest BCUT2D eigenvalue weighted by atomic mass is 35.5. The van der Waals surface area contributed by atoms with Crippen molar-refractivity contribution in [3.8, 4) is 0 Å². The normalized spacial score (nSPS) is 14.2. The number of benzene rings is 2. The zero-order valence-corrected chi connectivity index (χ0v) is 16.1. The average molecular weight is 410 g/mol. The summed E-state index contributed by atoms with van der Waals surface area (Å²) in [6, 6.07) is 8.95. The summed E-state index contributed by atoms with van der Waals surface area (Å²) >= 11 is 12.0. The number of halogens is 3. The number of nitrogens with zero attached hydrogens (tertiary/aromatic N) is 2. The van der Waals surface area contributed by atoms with Gasteiger partial charge in [0.15, 0.2) is 0 Å². The third-order valence-corrected chi connectivity index (χ3v) is 5.01. The number of rotatable bonds is 2. The Morgan fingerprint density at radius 1 is 1.00 bits per heavy atom. The summed E-state index contributed by atoms with van der Waals surface area (Å²) in [7, 11) is 0. The zero-order chi connectivity index (χ0) is 19.6. The summed E-state index contributed by atoms with van der Waals surface area (Å²) in [6.45, 7) is 3.11. The van der Waals surface area contributed by atoms with Crippen molar-refractivity contribution >= 4 is 40.8 Å². The van der Waals surface area contributed by atoms with E-state index in [4.69, 9.17) is 23.2 Å². The minimum absolute atomic E-state index is 0.244. The number of carbonyl (C=O) groups excluding carboxylic acids is 2. The van der Waals surface area contributed by atoms with Gasteiger partial charge in [-0.25, -0.2) is 9.18 Å². The first kappa shape index (κ1) is 19.5. The largest absolute Gasteiger partial charge is 0.335 e. The van der Waals surface area contributed by atoms with Crippen LogP contribution in [0.15, 0.2) is 36.4 Å². The molecule has 0 radical (unpaired) electrons. The summed E-state index contributed by atoms with van der Waals surface area (Å²) in [6.07, 6.45) is 0. The minimum atomic E-state index is -0.405. The van der Waals surface area contributed by atoms with Crippen LogP contribution in [0.1, 0.15) is 15.9 Å². The van der Waals surface area contributed by atoms with E-state index in [2.05, 4.69) is 5.32 Å². The lowest BCUT2D eigenvalue weighted by molar-refractivity contribution is 0.0671. The fourth-order valence-electron chi connectivity index (χ4n) is 2.81. The van der Waals surface area contributed by atoms with E-state index >= 15 is 0 Å². The minimum Gasteiger partial charge on any atom is -0.335 e. The third-order valence-electron chi connectivity index (χ3n) is 4.44. The van der Waals surface area contributed by atoms with Gasteiger partial charge in [0.2, 0.25) is 0 Å². The van der Waals surface area contributed by atoms with E-state index in [9.17, 15) is 14.0 Å². The fourth-order valence-corrected chi connectivity index (χ4v) is 3.15. The van der Waals surface area contributed by atoms with Gasteiger partial charge in [0.25, 0.3) is 5.91 Å². The number of nitrogens with one attached hydrogen (secondary N) is 1. The molecule has 1 aliphatic rings. The Morgan fingerprint density at radius 2 is 1.67 bits per heavy atom. The maximum atomic E-state index is 13.7. The third kappa shape index (κ3) is 4.51. The molecule has 8 heteroatoms. The number of urea groups is 1. The number of amides is 3. The van der Waals surface area contributed by atoms with Crippen LogP contribution in [-0.2, 0) is 0 Å². The Balaban J connectivity index is 1.59. The molecule has 1 saturated heterocycles. The molecule has 0 spiro atoms. The van der Waals surface area contributed by atoms with Crippen LogP contribution in [0.2, 0.25) is 10.0 Å². The Kier molecular flexibility index (Phi) is 5.87. The molecule has 3 amide bonds. The first-order valence-corrected chi connectivity index (χ1v) is 9.17. The maximum absolute atomic E-state index is 13.7. The van der Waals surface area contributed by atoms with Crippen LogP contribution < -0.4 is 5.32 Å². The molecule has 0 aromatic heterocycles. The SMILES string of the molecule is Cc1ccc(C(=O)N2CCN(C(=O)Nc3cc(Cl)ccc3Cl)CC2)cc1F. The highest BCUT2D eigenvalue weighted by molar-refractivity contribution is 6.35. The zero-order valence-electron chi connectivity index (χ0n) is 14.6. The van der Waals surface area contributed by atoms with Crippen LogP contribution in [0.3, 0.4) is 0 Å². The number of hydrogen-bond donors (Lipinski definition) is 1. The summed E-state index contributed by atoms with van der Waals surface area (Å²) in [5, 5.41) is 3.59. The van der Waals surface area contributed by atoms with Gasteiger partial charge >= 0.3 is 6.03 Å². The van der Waals surface area contributed by atoms with Gasteiger partial charge in [-0.3, -0.25) is 4.79 Å². The molecule has 1 N–H and O–H groups in total. The van der Waals surface area contributed by atoms with E-state index in [-0.39, 0.29) is 11.9 Å². The van der Waals surface area contributed by atoms with Gasteiger partial charge in [-0.15, -0.1) is 0 Å². The van der Waals surface area contributed by atoms with Crippen LogP contribution in [-0.4, -0.2) is 47.9 Å². The quantitative estimate of drug-likeness (QED) is 0.797. The van der Waals surface area contributed by atoms with E-state index in [1.807, 2.05) is 0 Å². The second-order valence-electron chi connectivity index (χ2n) is 6.30. The number of anilines is 1. The molecular formula is C19H18Cl2FN3O2. The molecule has 1 heterocycles. The second kappa shape index (κ2) is 8.15. The van der Waals surface area contributed by atoms with Crippen molar-refractivity contribution in [2.24, 2.45) is 0 Å². The molecule has 0 unspecified atom stereocenters. The van der Waals surface area contributed by atoms with E-state index in [1.165, 1.54) is 6.07 Å². The predicted molar refractivity (Wildman–Crippen MR) is 104 cm³/mol. The van der Waals surface area contributed by atoms with Crippen LogP contribution in [0.25, 0.3) is 0 Å². The van der Waals surface area contributed by atoms with E-state index < -0.39 is 5.82 Å². The van der Waals surface area contributed by atoms with Crippen LogP contribution in [0.5, 0.6) is 0 Å². The molecule has 0 saturated carbocycles. The monoisotopic (exact) mass is 409 g/mol. The molecule has 0 atom stereocenters. The van der Waals surface area contributed by atoms with Crippen molar-refractivity contribution in [3.05, 3.63) is 63.4 Å². The van der Waals surface area contributed by atoms with E-state index in [1.54, 1.807) is 47.1 Å². The Labute approximate surface area is 166 Å². The van der Waals surface area contributed by atoms with E-state index in [0.29, 0.717) is 53.0 Å². The molecule has 0 bridgehead atoms. The Morgan fingerprint density at radius 3 is 2.33 bits per heavy atom. The first-order valence-electron chi connectivity index (χ1n) is 8.41. The summed E-state index contributed by atoms with van der Waals surface area (Å²) in [5.41, 5.74) is 1.23. The number of piperazine rings is 1. The van der Waals surface area contributed by atoms with Gasteiger partial charge in [0.05, 0.1) is 10.7 Å². The Hall–Kier alpha value is -2.31. The fraction of sp³-hybridized carbons (Fsp3) is 0.263. The smallest absolute Gasteiger partial charge is 0.322 e. The number of aryl methyl sites for hydroxylation is 1. The lowest BCUT2D eigenvalue weighted by Crippen LogP contribution is -2.51. The van der Waals surface area contributed by atoms with Crippen molar-refractivity contribution in [1.82, 2.24) is 9.80 Å². The second-order valence-corrected chi connectivity index (χ2v) is 7.14. The van der Waals surface area contributed by atoms with Crippen molar-refractivity contribution in [1.29, 1.82) is 0 Å². The molecule has 142 valence electrons. The molecule has 0 aliphatic carbocycles. The summed E-state index contributed by atoms with van der Waals surface area (Å²) < 4.78 is 13.7. The van der Waals surface area contributed by atoms with Crippen molar-refractivity contribution < 1.29 is 14.0 Å². The molecule has 2 aromatic carbocycles. The molecule has 5 nitrogen and oxygen atoms in total. The van der Waals surface area contributed by atoms with Crippen LogP contribution in [0.4, 0.5) is 14.9 Å². The van der Waals surface area contributed by atoms with Crippen molar-refractivity contribution in [2.45, 2.75) is 6.92 Å². The topological polar surface area (TPSA) is 52.7 Å². The molecule has 27 heavy (non-hydrogen) atoms.